The van der Waals surface area contributed by atoms with Crippen LogP contribution in [0.25, 0.3) is 0 Å². The summed E-state index contributed by atoms with van der Waals surface area (Å²) in [6.45, 7) is 0.858. The van der Waals surface area contributed by atoms with Crippen LogP contribution in [-0.2, 0) is 25.4 Å². The maximum absolute atomic E-state index is 11.7. The molecule has 0 aromatic heterocycles. The van der Waals surface area contributed by atoms with Crippen LogP contribution in [0.15, 0.2) is 30.3 Å². The molecule has 1 aromatic carbocycles. The van der Waals surface area contributed by atoms with Crippen LogP contribution in [0.5, 0.6) is 0 Å². The topological polar surface area (TPSA) is 44.8 Å². The molecular formula is C12H12O4. The second-order valence-corrected chi connectivity index (χ2v) is 4.06. The predicted octanol–water partition coefficient (Wildman–Crippen LogP) is 0.898. The fraction of sp³-hybridized carbons (Fsp3) is 0.417. The zero-order valence-electron chi connectivity index (χ0n) is 8.72. The summed E-state index contributed by atoms with van der Waals surface area (Å²) in [6, 6.07) is 9.65. The van der Waals surface area contributed by atoms with E-state index in [9.17, 15) is 4.79 Å². The SMILES string of the molecule is O=C1OC2COC1(Cc1ccccc1)OC2. The average molecular weight is 220 g/mol. The van der Waals surface area contributed by atoms with Gasteiger partial charge >= 0.3 is 5.97 Å². The van der Waals surface area contributed by atoms with Gasteiger partial charge < -0.3 is 14.2 Å². The summed E-state index contributed by atoms with van der Waals surface area (Å²) in [7, 11) is 0. The van der Waals surface area contributed by atoms with Crippen molar-refractivity contribution < 1.29 is 19.0 Å². The van der Waals surface area contributed by atoms with Gasteiger partial charge in [0.25, 0.3) is 5.79 Å². The van der Waals surface area contributed by atoms with Gasteiger partial charge in [-0.3, -0.25) is 0 Å². The number of hydrogen-bond donors (Lipinski definition) is 0. The Morgan fingerprint density at radius 2 is 1.88 bits per heavy atom. The zero-order chi connectivity index (χ0) is 11.0. The zero-order valence-corrected chi connectivity index (χ0v) is 8.72. The summed E-state index contributed by atoms with van der Waals surface area (Å²) in [4.78, 5) is 11.7. The number of benzene rings is 1. The van der Waals surface area contributed by atoms with E-state index < -0.39 is 11.8 Å². The molecule has 0 N–H and O–H groups in total. The Bertz CT molecular complexity index is 393. The Balaban J connectivity index is 1.85. The molecular weight excluding hydrogens is 208 g/mol. The van der Waals surface area contributed by atoms with Gasteiger partial charge in [-0.15, -0.1) is 0 Å². The van der Waals surface area contributed by atoms with Gasteiger partial charge in [0.05, 0.1) is 13.2 Å². The fourth-order valence-electron chi connectivity index (χ4n) is 2.01. The Morgan fingerprint density at radius 3 is 2.50 bits per heavy atom. The number of esters is 1. The molecule has 0 atom stereocenters. The lowest BCUT2D eigenvalue weighted by atomic mass is 10.0. The fourth-order valence-corrected chi connectivity index (χ4v) is 2.01. The van der Waals surface area contributed by atoms with E-state index >= 15 is 0 Å². The normalized spacial score (nSPS) is 32.5. The van der Waals surface area contributed by atoms with Crippen LogP contribution in [-0.4, -0.2) is 31.1 Å². The third kappa shape index (κ3) is 1.50. The standard InChI is InChI=1S/C12H12O4/c13-11-12(6-9-4-2-1-3-5-9)14-7-10(16-11)8-15-12/h1-5,10H,6-8H2. The quantitative estimate of drug-likeness (QED) is 0.694. The smallest absolute Gasteiger partial charge is 0.367 e. The van der Waals surface area contributed by atoms with Crippen LogP contribution >= 0.6 is 0 Å². The molecule has 3 aliphatic rings. The van der Waals surface area contributed by atoms with Crippen molar-refractivity contribution >= 4 is 5.97 Å². The molecule has 2 bridgehead atoms. The van der Waals surface area contributed by atoms with Crippen molar-refractivity contribution in [1.29, 1.82) is 0 Å². The highest BCUT2D eigenvalue weighted by atomic mass is 16.8. The average Bonchev–Trinajstić information content (AvgIpc) is 2.32. The number of carbonyl (C=O) groups is 1. The molecule has 3 fully saturated rings. The highest BCUT2D eigenvalue weighted by Gasteiger charge is 2.52. The Morgan fingerprint density at radius 1 is 1.19 bits per heavy atom. The van der Waals surface area contributed by atoms with E-state index in [4.69, 9.17) is 14.2 Å². The molecule has 0 saturated carbocycles. The van der Waals surface area contributed by atoms with Crippen LogP contribution in [0.4, 0.5) is 0 Å². The van der Waals surface area contributed by atoms with E-state index in [0.717, 1.165) is 5.56 Å². The first kappa shape index (κ1) is 9.81. The van der Waals surface area contributed by atoms with Gasteiger partial charge in [0.2, 0.25) is 0 Å². The summed E-state index contributed by atoms with van der Waals surface area (Å²) < 4.78 is 16.1. The minimum atomic E-state index is -1.21. The molecule has 3 heterocycles. The lowest BCUT2D eigenvalue weighted by Crippen LogP contribution is -2.61. The van der Waals surface area contributed by atoms with Gasteiger partial charge in [-0.2, -0.15) is 0 Å². The second kappa shape index (κ2) is 3.57. The van der Waals surface area contributed by atoms with Crippen molar-refractivity contribution in [2.24, 2.45) is 0 Å². The van der Waals surface area contributed by atoms with Crippen LogP contribution in [0.3, 0.4) is 0 Å². The van der Waals surface area contributed by atoms with E-state index in [0.29, 0.717) is 19.6 Å². The van der Waals surface area contributed by atoms with Crippen molar-refractivity contribution in [3.63, 3.8) is 0 Å². The van der Waals surface area contributed by atoms with Crippen LogP contribution in [0, 0.1) is 0 Å². The lowest BCUT2D eigenvalue weighted by Gasteiger charge is -2.43. The first-order chi connectivity index (χ1) is 7.78. The minimum absolute atomic E-state index is 0.231. The predicted molar refractivity (Wildman–Crippen MR) is 54.7 cm³/mol. The molecule has 3 aliphatic heterocycles. The van der Waals surface area contributed by atoms with Crippen molar-refractivity contribution in [1.82, 2.24) is 0 Å². The number of carbonyl (C=O) groups excluding carboxylic acids is 1. The molecule has 16 heavy (non-hydrogen) atoms. The van der Waals surface area contributed by atoms with E-state index in [1.54, 1.807) is 0 Å². The molecule has 4 nitrogen and oxygen atoms in total. The molecule has 1 aromatic rings. The van der Waals surface area contributed by atoms with Gasteiger partial charge in [-0.05, 0) is 5.56 Å². The van der Waals surface area contributed by atoms with Gasteiger partial charge in [-0.1, -0.05) is 30.3 Å². The maximum atomic E-state index is 11.7. The van der Waals surface area contributed by atoms with Crippen LogP contribution < -0.4 is 0 Å². The van der Waals surface area contributed by atoms with Crippen molar-refractivity contribution in [3.05, 3.63) is 35.9 Å². The molecule has 0 amide bonds. The summed E-state index contributed by atoms with van der Waals surface area (Å²) in [5, 5.41) is 0. The number of fused-ring (bicyclic) bond motifs is 3. The Kier molecular flexibility index (Phi) is 2.19. The molecule has 0 spiro atoms. The summed E-state index contributed by atoms with van der Waals surface area (Å²) in [5.74, 6) is -1.62. The molecule has 4 heteroatoms. The molecule has 3 saturated heterocycles. The van der Waals surface area contributed by atoms with Gasteiger partial charge in [0.15, 0.2) is 0 Å². The summed E-state index contributed by atoms with van der Waals surface area (Å²) >= 11 is 0. The van der Waals surface area contributed by atoms with Gasteiger partial charge in [0, 0.05) is 6.42 Å². The molecule has 4 rings (SSSR count). The largest absolute Gasteiger partial charge is 0.453 e. The lowest BCUT2D eigenvalue weighted by molar-refractivity contribution is -0.327. The summed E-state index contributed by atoms with van der Waals surface area (Å²) in [5.41, 5.74) is 1.000. The van der Waals surface area contributed by atoms with Gasteiger partial charge in [0.1, 0.15) is 6.10 Å². The highest BCUT2D eigenvalue weighted by molar-refractivity contribution is 5.79. The maximum Gasteiger partial charge on any atom is 0.367 e. The van der Waals surface area contributed by atoms with Crippen molar-refractivity contribution in [2.75, 3.05) is 13.2 Å². The van der Waals surface area contributed by atoms with Crippen LogP contribution in [0.1, 0.15) is 5.56 Å². The van der Waals surface area contributed by atoms with Crippen molar-refractivity contribution in [2.45, 2.75) is 18.3 Å². The number of rotatable bonds is 2. The molecule has 84 valence electrons. The number of ether oxygens (including phenoxy) is 3. The first-order valence-electron chi connectivity index (χ1n) is 5.31. The van der Waals surface area contributed by atoms with E-state index in [1.165, 1.54) is 0 Å². The second-order valence-electron chi connectivity index (χ2n) is 4.06. The monoisotopic (exact) mass is 220 g/mol. The first-order valence-corrected chi connectivity index (χ1v) is 5.31. The minimum Gasteiger partial charge on any atom is -0.453 e. The Hall–Kier alpha value is -1.39. The molecule has 0 radical (unpaired) electrons. The third-order valence-electron chi connectivity index (χ3n) is 2.87. The molecule has 0 unspecified atom stereocenters. The van der Waals surface area contributed by atoms with E-state index in [2.05, 4.69) is 0 Å². The number of hydrogen-bond acceptors (Lipinski definition) is 4. The molecule has 0 aliphatic carbocycles. The van der Waals surface area contributed by atoms with Gasteiger partial charge in [-0.25, -0.2) is 4.79 Å². The third-order valence-corrected chi connectivity index (χ3v) is 2.87. The van der Waals surface area contributed by atoms with E-state index in [1.807, 2.05) is 30.3 Å². The van der Waals surface area contributed by atoms with Crippen LogP contribution in [0.2, 0.25) is 0 Å². The summed E-state index contributed by atoms with van der Waals surface area (Å²) in [6.07, 6.45) is 0.171. The Labute approximate surface area is 93.1 Å². The highest BCUT2D eigenvalue weighted by Crippen LogP contribution is 2.31. The van der Waals surface area contributed by atoms with E-state index in [-0.39, 0.29) is 6.10 Å². The van der Waals surface area contributed by atoms with Crippen molar-refractivity contribution in [3.8, 4) is 0 Å².